The molecule has 0 amide bonds. The molecule has 1 aromatic carbocycles. The summed E-state index contributed by atoms with van der Waals surface area (Å²) in [5.41, 5.74) is 7.56. The standard InChI is InChI=1S/C13H14N2O2/c1-9-2-7-12(13(14)15-9)17-8-10-3-5-11(16)6-4-10/h2-7,16H,8H2,1H3,(H2,14,15). The molecule has 4 heteroatoms. The number of hydrogen-bond donors (Lipinski definition) is 2. The van der Waals surface area contributed by atoms with E-state index in [2.05, 4.69) is 4.98 Å². The molecule has 0 bridgehead atoms. The van der Waals surface area contributed by atoms with Crippen molar-refractivity contribution in [3.8, 4) is 11.5 Å². The average Bonchev–Trinajstić information content (AvgIpc) is 2.30. The van der Waals surface area contributed by atoms with Gasteiger partial charge in [-0.3, -0.25) is 0 Å². The highest BCUT2D eigenvalue weighted by atomic mass is 16.5. The molecule has 2 rings (SSSR count). The third-order valence-electron chi connectivity index (χ3n) is 2.36. The highest BCUT2D eigenvalue weighted by molar-refractivity contribution is 5.46. The molecule has 1 aromatic heterocycles. The number of nitrogens with zero attached hydrogens (tertiary/aromatic N) is 1. The van der Waals surface area contributed by atoms with Crippen LogP contribution in [0.1, 0.15) is 11.3 Å². The van der Waals surface area contributed by atoms with Crippen molar-refractivity contribution in [2.45, 2.75) is 13.5 Å². The van der Waals surface area contributed by atoms with Gasteiger partial charge in [0, 0.05) is 5.69 Å². The summed E-state index contributed by atoms with van der Waals surface area (Å²) in [6.07, 6.45) is 0. The first kappa shape index (κ1) is 11.3. The first-order valence-corrected chi connectivity index (χ1v) is 5.29. The van der Waals surface area contributed by atoms with Crippen LogP contribution in [0.4, 0.5) is 5.82 Å². The quantitative estimate of drug-likeness (QED) is 0.848. The third kappa shape index (κ3) is 2.87. The largest absolute Gasteiger partial charge is 0.508 e. The van der Waals surface area contributed by atoms with Crippen LogP contribution in [0.2, 0.25) is 0 Å². The Morgan fingerprint density at radius 3 is 2.53 bits per heavy atom. The van der Waals surface area contributed by atoms with Gasteiger partial charge in [-0.25, -0.2) is 4.98 Å². The SMILES string of the molecule is Cc1ccc(OCc2ccc(O)cc2)c(N)n1. The monoisotopic (exact) mass is 230 g/mol. The molecule has 2 aromatic rings. The minimum Gasteiger partial charge on any atom is -0.508 e. The van der Waals surface area contributed by atoms with Gasteiger partial charge in [0.25, 0.3) is 0 Å². The molecule has 0 atom stereocenters. The summed E-state index contributed by atoms with van der Waals surface area (Å²) in [6, 6.07) is 10.5. The molecular formula is C13H14N2O2. The highest BCUT2D eigenvalue weighted by Gasteiger charge is 2.02. The first-order chi connectivity index (χ1) is 8.15. The van der Waals surface area contributed by atoms with E-state index >= 15 is 0 Å². The number of rotatable bonds is 3. The molecule has 4 nitrogen and oxygen atoms in total. The molecule has 0 saturated heterocycles. The Balaban J connectivity index is 2.04. The van der Waals surface area contributed by atoms with Gasteiger partial charge in [-0.15, -0.1) is 0 Å². The fraction of sp³-hybridized carbons (Fsp3) is 0.154. The van der Waals surface area contributed by atoms with Crippen LogP contribution in [0.5, 0.6) is 11.5 Å². The number of aryl methyl sites for hydroxylation is 1. The number of hydrogen-bond acceptors (Lipinski definition) is 4. The molecule has 1 heterocycles. The van der Waals surface area contributed by atoms with E-state index < -0.39 is 0 Å². The van der Waals surface area contributed by atoms with Gasteiger partial charge in [-0.1, -0.05) is 12.1 Å². The van der Waals surface area contributed by atoms with E-state index in [-0.39, 0.29) is 5.75 Å². The second-order valence-corrected chi connectivity index (χ2v) is 3.79. The number of phenolic OH excluding ortho intramolecular Hbond substituents is 1. The summed E-state index contributed by atoms with van der Waals surface area (Å²) in [4.78, 5) is 4.11. The van der Waals surface area contributed by atoms with Crippen LogP contribution in [0, 0.1) is 6.92 Å². The summed E-state index contributed by atoms with van der Waals surface area (Å²) in [6.45, 7) is 2.27. The number of ether oxygens (including phenoxy) is 1. The van der Waals surface area contributed by atoms with E-state index in [1.54, 1.807) is 30.3 Å². The van der Waals surface area contributed by atoms with Gasteiger partial charge in [0.1, 0.15) is 12.4 Å². The molecule has 0 aliphatic heterocycles. The molecule has 0 radical (unpaired) electrons. The van der Waals surface area contributed by atoms with Crippen LogP contribution >= 0.6 is 0 Å². The van der Waals surface area contributed by atoms with Crippen LogP contribution in [-0.2, 0) is 6.61 Å². The number of aromatic nitrogens is 1. The molecule has 0 aliphatic rings. The van der Waals surface area contributed by atoms with E-state index in [1.165, 1.54) is 0 Å². The molecule has 17 heavy (non-hydrogen) atoms. The van der Waals surface area contributed by atoms with Crippen molar-refractivity contribution in [3.63, 3.8) is 0 Å². The number of nitrogens with two attached hydrogens (primary N) is 1. The van der Waals surface area contributed by atoms with Crippen LogP contribution in [0.15, 0.2) is 36.4 Å². The fourth-order valence-electron chi connectivity index (χ4n) is 1.44. The molecule has 0 unspecified atom stereocenters. The Kier molecular flexibility index (Phi) is 3.14. The Bertz CT molecular complexity index is 509. The Morgan fingerprint density at radius 2 is 1.88 bits per heavy atom. The van der Waals surface area contributed by atoms with E-state index in [4.69, 9.17) is 15.6 Å². The maximum Gasteiger partial charge on any atom is 0.166 e. The zero-order chi connectivity index (χ0) is 12.3. The highest BCUT2D eigenvalue weighted by Crippen LogP contribution is 2.20. The second kappa shape index (κ2) is 4.74. The lowest BCUT2D eigenvalue weighted by atomic mass is 10.2. The second-order valence-electron chi connectivity index (χ2n) is 3.79. The van der Waals surface area contributed by atoms with Gasteiger partial charge in [-0.05, 0) is 36.8 Å². The summed E-state index contributed by atoms with van der Waals surface area (Å²) in [5, 5.41) is 9.15. The Morgan fingerprint density at radius 1 is 1.18 bits per heavy atom. The molecule has 0 spiro atoms. The molecule has 0 saturated carbocycles. The maximum atomic E-state index is 9.15. The molecule has 0 aliphatic carbocycles. The predicted octanol–water partition coefficient (Wildman–Crippen LogP) is 2.26. The van der Waals surface area contributed by atoms with Gasteiger partial charge in [0.15, 0.2) is 11.6 Å². The molecule has 3 N–H and O–H groups in total. The number of anilines is 1. The summed E-state index contributed by atoms with van der Waals surface area (Å²) >= 11 is 0. The predicted molar refractivity (Wildman–Crippen MR) is 65.8 cm³/mol. The van der Waals surface area contributed by atoms with Gasteiger partial charge >= 0.3 is 0 Å². The van der Waals surface area contributed by atoms with Crippen molar-refractivity contribution in [3.05, 3.63) is 47.7 Å². The van der Waals surface area contributed by atoms with E-state index in [9.17, 15) is 0 Å². The lowest BCUT2D eigenvalue weighted by Crippen LogP contribution is -2.01. The van der Waals surface area contributed by atoms with Crippen LogP contribution < -0.4 is 10.5 Å². The number of nitrogen functional groups attached to an aromatic ring is 1. The zero-order valence-corrected chi connectivity index (χ0v) is 9.55. The average molecular weight is 230 g/mol. The molecule has 0 fully saturated rings. The summed E-state index contributed by atoms with van der Waals surface area (Å²) in [7, 11) is 0. The van der Waals surface area contributed by atoms with E-state index in [0.717, 1.165) is 11.3 Å². The Hall–Kier alpha value is -2.23. The zero-order valence-electron chi connectivity index (χ0n) is 9.55. The summed E-state index contributed by atoms with van der Waals surface area (Å²) in [5.74, 6) is 1.21. The fourth-order valence-corrected chi connectivity index (χ4v) is 1.44. The van der Waals surface area contributed by atoms with Gasteiger partial charge in [0.05, 0.1) is 0 Å². The maximum absolute atomic E-state index is 9.15. The molecular weight excluding hydrogens is 216 g/mol. The van der Waals surface area contributed by atoms with Crippen molar-refractivity contribution in [1.82, 2.24) is 4.98 Å². The van der Waals surface area contributed by atoms with Crippen molar-refractivity contribution >= 4 is 5.82 Å². The van der Waals surface area contributed by atoms with Crippen LogP contribution in [-0.4, -0.2) is 10.1 Å². The van der Waals surface area contributed by atoms with Crippen molar-refractivity contribution in [1.29, 1.82) is 0 Å². The lowest BCUT2D eigenvalue weighted by molar-refractivity contribution is 0.306. The first-order valence-electron chi connectivity index (χ1n) is 5.29. The van der Waals surface area contributed by atoms with Crippen LogP contribution in [0.3, 0.4) is 0 Å². The van der Waals surface area contributed by atoms with Crippen molar-refractivity contribution in [2.24, 2.45) is 0 Å². The van der Waals surface area contributed by atoms with Crippen molar-refractivity contribution < 1.29 is 9.84 Å². The van der Waals surface area contributed by atoms with Crippen molar-refractivity contribution in [2.75, 3.05) is 5.73 Å². The third-order valence-corrected chi connectivity index (χ3v) is 2.36. The van der Waals surface area contributed by atoms with E-state index in [0.29, 0.717) is 18.2 Å². The van der Waals surface area contributed by atoms with Gasteiger partial charge < -0.3 is 15.6 Å². The number of aromatic hydroxyl groups is 1. The molecule has 88 valence electrons. The summed E-state index contributed by atoms with van der Waals surface area (Å²) < 4.78 is 5.55. The number of pyridine rings is 1. The van der Waals surface area contributed by atoms with Gasteiger partial charge in [-0.2, -0.15) is 0 Å². The minimum atomic E-state index is 0.241. The minimum absolute atomic E-state index is 0.241. The number of benzene rings is 1. The Labute approximate surface area is 99.7 Å². The van der Waals surface area contributed by atoms with E-state index in [1.807, 2.05) is 13.0 Å². The van der Waals surface area contributed by atoms with Crippen LogP contribution in [0.25, 0.3) is 0 Å². The van der Waals surface area contributed by atoms with Gasteiger partial charge in [0.2, 0.25) is 0 Å². The topological polar surface area (TPSA) is 68.4 Å². The number of phenols is 1. The smallest absolute Gasteiger partial charge is 0.166 e. The normalized spacial score (nSPS) is 10.2. The lowest BCUT2D eigenvalue weighted by Gasteiger charge is -2.08.